The van der Waals surface area contributed by atoms with Crippen LogP contribution in [0.2, 0.25) is 0 Å². The average Bonchev–Trinajstić information content (AvgIpc) is 2.54. The standard InChI is InChI=1S/C18H30N2O/c1-4-12-19-18(16(5-2)21-6-3)15-11-7-9-14-10-8-13-20-17(14)15/h8,10,13,15-16,18-19H,4-7,9,11-12H2,1-3H3. The molecule has 2 rings (SSSR count). The van der Waals surface area contributed by atoms with Gasteiger partial charge in [-0.3, -0.25) is 4.98 Å². The Morgan fingerprint density at radius 1 is 1.38 bits per heavy atom. The Labute approximate surface area is 129 Å². The smallest absolute Gasteiger partial charge is 0.0731 e. The molecule has 3 heteroatoms. The summed E-state index contributed by atoms with van der Waals surface area (Å²) in [6.45, 7) is 8.37. The predicted octanol–water partition coefficient (Wildman–Crippen LogP) is 3.68. The first-order valence-electron chi connectivity index (χ1n) is 8.60. The summed E-state index contributed by atoms with van der Waals surface area (Å²) < 4.78 is 6.03. The molecule has 0 bridgehead atoms. The summed E-state index contributed by atoms with van der Waals surface area (Å²) in [6.07, 6.45) is 8.07. The molecule has 0 saturated carbocycles. The van der Waals surface area contributed by atoms with E-state index in [0.29, 0.717) is 12.0 Å². The summed E-state index contributed by atoms with van der Waals surface area (Å²) in [5.74, 6) is 0.484. The van der Waals surface area contributed by atoms with E-state index in [2.05, 4.69) is 38.2 Å². The lowest BCUT2D eigenvalue weighted by molar-refractivity contribution is 0.0222. The molecule has 0 radical (unpaired) electrons. The number of pyridine rings is 1. The number of aromatic nitrogens is 1. The number of fused-ring (bicyclic) bond motifs is 1. The number of nitrogens with one attached hydrogen (secondary N) is 1. The molecule has 0 spiro atoms. The van der Waals surface area contributed by atoms with E-state index in [-0.39, 0.29) is 6.10 Å². The largest absolute Gasteiger partial charge is 0.377 e. The monoisotopic (exact) mass is 290 g/mol. The van der Waals surface area contributed by atoms with E-state index in [1.807, 2.05) is 6.20 Å². The van der Waals surface area contributed by atoms with Gasteiger partial charge in [-0.2, -0.15) is 0 Å². The molecule has 1 aliphatic rings. The van der Waals surface area contributed by atoms with Crippen molar-refractivity contribution in [3.8, 4) is 0 Å². The van der Waals surface area contributed by atoms with Gasteiger partial charge in [0.25, 0.3) is 0 Å². The molecule has 0 amide bonds. The SMILES string of the molecule is CCCNC(C(CC)OCC)C1CCCc2cccnc21. The highest BCUT2D eigenvalue weighted by molar-refractivity contribution is 5.27. The topological polar surface area (TPSA) is 34.1 Å². The Morgan fingerprint density at radius 3 is 2.95 bits per heavy atom. The van der Waals surface area contributed by atoms with E-state index in [9.17, 15) is 0 Å². The molecule has 1 aliphatic carbocycles. The fraction of sp³-hybridized carbons (Fsp3) is 0.722. The first-order valence-corrected chi connectivity index (χ1v) is 8.60. The average molecular weight is 290 g/mol. The van der Waals surface area contributed by atoms with Crippen LogP contribution in [0.1, 0.15) is 63.6 Å². The van der Waals surface area contributed by atoms with Crippen LogP contribution in [0.4, 0.5) is 0 Å². The van der Waals surface area contributed by atoms with Gasteiger partial charge in [0.05, 0.1) is 6.10 Å². The van der Waals surface area contributed by atoms with E-state index in [1.54, 1.807) is 0 Å². The van der Waals surface area contributed by atoms with Crippen molar-refractivity contribution < 1.29 is 4.74 Å². The van der Waals surface area contributed by atoms with Crippen LogP contribution in [0.15, 0.2) is 18.3 Å². The molecule has 3 unspecified atom stereocenters. The molecule has 1 aromatic rings. The van der Waals surface area contributed by atoms with Gasteiger partial charge in [0, 0.05) is 30.5 Å². The summed E-state index contributed by atoms with van der Waals surface area (Å²) in [7, 11) is 0. The van der Waals surface area contributed by atoms with Gasteiger partial charge in [0.2, 0.25) is 0 Å². The van der Waals surface area contributed by atoms with Crippen LogP contribution in [-0.2, 0) is 11.2 Å². The maximum Gasteiger partial charge on any atom is 0.0731 e. The van der Waals surface area contributed by atoms with E-state index in [4.69, 9.17) is 9.72 Å². The summed E-state index contributed by atoms with van der Waals surface area (Å²) in [5.41, 5.74) is 2.74. The van der Waals surface area contributed by atoms with Gasteiger partial charge >= 0.3 is 0 Å². The first-order chi connectivity index (χ1) is 10.3. The fourth-order valence-corrected chi connectivity index (χ4v) is 3.53. The number of aryl methyl sites for hydroxylation is 1. The summed E-state index contributed by atoms with van der Waals surface area (Å²) >= 11 is 0. The minimum atomic E-state index is 0.277. The third kappa shape index (κ3) is 4.04. The van der Waals surface area contributed by atoms with Crippen molar-refractivity contribution in [2.24, 2.45) is 0 Å². The van der Waals surface area contributed by atoms with Crippen molar-refractivity contribution in [3.05, 3.63) is 29.6 Å². The molecule has 118 valence electrons. The van der Waals surface area contributed by atoms with Crippen molar-refractivity contribution in [1.29, 1.82) is 0 Å². The maximum atomic E-state index is 6.03. The van der Waals surface area contributed by atoms with Crippen molar-refractivity contribution in [2.45, 2.75) is 70.9 Å². The lowest BCUT2D eigenvalue weighted by atomic mass is 9.79. The number of hydrogen-bond acceptors (Lipinski definition) is 3. The second kappa shape index (κ2) is 8.50. The Kier molecular flexibility index (Phi) is 6.65. The molecule has 1 heterocycles. The minimum Gasteiger partial charge on any atom is -0.377 e. The first kappa shape index (κ1) is 16.4. The summed E-state index contributed by atoms with van der Waals surface area (Å²) in [6, 6.07) is 4.69. The Hall–Kier alpha value is -0.930. The van der Waals surface area contributed by atoms with Crippen molar-refractivity contribution in [2.75, 3.05) is 13.2 Å². The molecule has 0 aliphatic heterocycles. The number of rotatable bonds is 8. The van der Waals surface area contributed by atoms with Gasteiger partial charge in [-0.15, -0.1) is 0 Å². The Morgan fingerprint density at radius 2 is 2.24 bits per heavy atom. The predicted molar refractivity (Wildman–Crippen MR) is 87.7 cm³/mol. The van der Waals surface area contributed by atoms with Gasteiger partial charge in [-0.1, -0.05) is 19.9 Å². The highest BCUT2D eigenvalue weighted by Gasteiger charge is 2.33. The quantitative estimate of drug-likeness (QED) is 0.793. The molecule has 0 aromatic carbocycles. The summed E-state index contributed by atoms with van der Waals surface area (Å²) in [4.78, 5) is 4.71. The highest BCUT2D eigenvalue weighted by atomic mass is 16.5. The molecule has 21 heavy (non-hydrogen) atoms. The van der Waals surface area contributed by atoms with Crippen LogP contribution in [0, 0.1) is 0 Å². The van der Waals surface area contributed by atoms with Crippen molar-refractivity contribution in [3.63, 3.8) is 0 Å². The fourth-order valence-electron chi connectivity index (χ4n) is 3.53. The van der Waals surface area contributed by atoms with E-state index in [0.717, 1.165) is 26.0 Å². The lowest BCUT2D eigenvalue weighted by Crippen LogP contribution is -2.47. The number of ether oxygens (including phenoxy) is 1. The molecular formula is C18H30N2O. The van der Waals surface area contributed by atoms with E-state index >= 15 is 0 Å². The van der Waals surface area contributed by atoms with Crippen LogP contribution in [0.5, 0.6) is 0 Å². The van der Waals surface area contributed by atoms with Crippen LogP contribution >= 0.6 is 0 Å². The molecule has 3 atom stereocenters. The van der Waals surface area contributed by atoms with Crippen LogP contribution in [-0.4, -0.2) is 30.3 Å². The van der Waals surface area contributed by atoms with Gasteiger partial charge in [-0.05, 0) is 57.2 Å². The van der Waals surface area contributed by atoms with Crippen molar-refractivity contribution >= 4 is 0 Å². The second-order valence-electron chi connectivity index (χ2n) is 5.93. The third-order valence-electron chi connectivity index (χ3n) is 4.49. The molecule has 3 nitrogen and oxygen atoms in total. The lowest BCUT2D eigenvalue weighted by Gasteiger charge is -2.36. The molecule has 1 N–H and O–H groups in total. The maximum absolute atomic E-state index is 6.03. The molecular weight excluding hydrogens is 260 g/mol. The van der Waals surface area contributed by atoms with E-state index in [1.165, 1.54) is 30.5 Å². The molecule has 0 saturated heterocycles. The number of hydrogen-bond donors (Lipinski definition) is 1. The van der Waals surface area contributed by atoms with Gasteiger partial charge < -0.3 is 10.1 Å². The van der Waals surface area contributed by atoms with Crippen LogP contribution < -0.4 is 5.32 Å². The zero-order valence-electron chi connectivity index (χ0n) is 13.8. The van der Waals surface area contributed by atoms with Gasteiger partial charge in [0.1, 0.15) is 0 Å². The molecule has 1 aromatic heterocycles. The Bertz CT molecular complexity index is 421. The summed E-state index contributed by atoms with van der Waals surface area (Å²) in [5, 5.41) is 3.75. The second-order valence-corrected chi connectivity index (χ2v) is 5.93. The zero-order chi connectivity index (χ0) is 15.1. The van der Waals surface area contributed by atoms with Crippen LogP contribution in [0.3, 0.4) is 0 Å². The third-order valence-corrected chi connectivity index (χ3v) is 4.49. The van der Waals surface area contributed by atoms with Crippen LogP contribution in [0.25, 0.3) is 0 Å². The van der Waals surface area contributed by atoms with Crippen molar-refractivity contribution in [1.82, 2.24) is 10.3 Å². The van der Waals surface area contributed by atoms with E-state index < -0.39 is 0 Å². The minimum absolute atomic E-state index is 0.277. The zero-order valence-corrected chi connectivity index (χ0v) is 13.8. The number of nitrogens with zero attached hydrogens (tertiary/aromatic N) is 1. The Balaban J connectivity index is 2.24. The normalized spacial score (nSPS) is 20.8. The van der Waals surface area contributed by atoms with Gasteiger partial charge in [-0.25, -0.2) is 0 Å². The highest BCUT2D eigenvalue weighted by Crippen LogP contribution is 2.34. The van der Waals surface area contributed by atoms with Gasteiger partial charge in [0.15, 0.2) is 0 Å². The molecule has 0 fully saturated rings.